The van der Waals surface area contributed by atoms with Crippen molar-refractivity contribution in [3.63, 3.8) is 0 Å². The van der Waals surface area contributed by atoms with Crippen molar-refractivity contribution in [3.8, 4) is 0 Å². The Hall–Kier alpha value is -0.720. The number of carbonyl (C=O) groups excluding carboxylic acids is 2. The maximum Gasteiger partial charge on any atom is 0.285 e. The van der Waals surface area contributed by atoms with E-state index in [0.717, 1.165) is 5.06 Å². The molecule has 0 saturated heterocycles. The Morgan fingerprint density at radius 1 is 1.19 bits per heavy atom. The molecule has 0 bridgehead atoms. The maximum atomic E-state index is 11.8. The molecule has 1 aliphatic heterocycles. The standard InChI is InChI=1S/C10H7Br2NO3/c11-5-8(12)16-13-9(14)6-3-1-2-4-7(6)10(13)15/h1-4,8H,5H2/t8-/m1/s1. The molecule has 6 heteroatoms. The van der Waals surface area contributed by atoms with E-state index in [0.29, 0.717) is 16.5 Å². The Morgan fingerprint density at radius 3 is 2.12 bits per heavy atom. The number of carbonyl (C=O) groups is 2. The van der Waals surface area contributed by atoms with Gasteiger partial charge in [-0.25, -0.2) is 4.84 Å². The number of hydrogen-bond acceptors (Lipinski definition) is 3. The molecule has 2 rings (SSSR count). The molecule has 0 aromatic heterocycles. The van der Waals surface area contributed by atoms with Gasteiger partial charge in [-0.3, -0.25) is 9.59 Å². The van der Waals surface area contributed by atoms with Crippen molar-refractivity contribution in [2.45, 2.75) is 5.01 Å². The van der Waals surface area contributed by atoms with Crippen LogP contribution in [0.4, 0.5) is 0 Å². The average Bonchev–Trinajstić information content (AvgIpc) is 2.55. The smallest absolute Gasteiger partial charge is 0.266 e. The predicted octanol–water partition coefficient (Wildman–Crippen LogP) is 2.33. The number of nitrogens with zero attached hydrogens (tertiary/aromatic N) is 1. The zero-order chi connectivity index (χ0) is 11.7. The Balaban J connectivity index is 2.28. The zero-order valence-electron chi connectivity index (χ0n) is 8.02. The molecule has 0 radical (unpaired) electrons. The van der Waals surface area contributed by atoms with E-state index >= 15 is 0 Å². The first-order valence-corrected chi connectivity index (χ1v) is 6.53. The second-order valence-electron chi connectivity index (χ2n) is 3.12. The molecule has 16 heavy (non-hydrogen) atoms. The van der Waals surface area contributed by atoms with Crippen LogP contribution in [0.3, 0.4) is 0 Å². The van der Waals surface area contributed by atoms with Crippen molar-refractivity contribution in [2.24, 2.45) is 0 Å². The minimum Gasteiger partial charge on any atom is -0.266 e. The summed E-state index contributed by atoms with van der Waals surface area (Å²) in [6.45, 7) is 0. The summed E-state index contributed by atoms with van der Waals surface area (Å²) >= 11 is 6.35. The minimum atomic E-state index is -0.425. The van der Waals surface area contributed by atoms with Crippen LogP contribution in [0.25, 0.3) is 0 Å². The second-order valence-corrected chi connectivity index (χ2v) is 4.79. The fraction of sp³-hybridized carbons (Fsp3) is 0.200. The van der Waals surface area contributed by atoms with Gasteiger partial charge in [-0.15, -0.1) is 5.06 Å². The lowest BCUT2D eigenvalue weighted by Crippen LogP contribution is -2.33. The van der Waals surface area contributed by atoms with Gasteiger partial charge in [0, 0.05) is 5.33 Å². The first-order valence-electron chi connectivity index (χ1n) is 4.49. The van der Waals surface area contributed by atoms with Gasteiger partial charge >= 0.3 is 0 Å². The van der Waals surface area contributed by atoms with Crippen molar-refractivity contribution >= 4 is 43.7 Å². The summed E-state index contributed by atoms with van der Waals surface area (Å²) in [6, 6.07) is 6.64. The molecule has 0 unspecified atom stereocenters. The Labute approximate surface area is 109 Å². The van der Waals surface area contributed by atoms with Crippen LogP contribution in [-0.2, 0) is 4.84 Å². The molecular weight excluding hydrogens is 342 g/mol. The van der Waals surface area contributed by atoms with E-state index in [2.05, 4.69) is 31.9 Å². The molecule has 84 valence electrons. The van der Waals surface area contributed by atoms with Crippen LogP contribution in [0.1, 0.15) is 20.7 Å². The summed E-state index contributed by atoms with van der Waals surface area (Å²) in [5, 5.41) is 0.834. The minimum absolute atomic E-state index is 0.377. The van der Waals surface area contributed by atoms with Gasteiger partial charge in [-0.1, -0.05) is 44.0 Å². The summed E-state index contributed by atoms with van der Waals surface area (Å²) in [5.41, 5.74) is 0.753. The summed E-state index contributed by atoms with van der Waals surface area (Å²) < 4.78 is 0. The second kappa shape index (κ2) is 4.65. The van der Waals surface area contributed by atoms with Gasteiger partial charge in [0.25, 0.3) is 11.8 Å². The Morgan fingerprint density at radius 2 is 1.69 bits per heavy atom. The van der Waals surface area contributed by atoms with Gasteiger partial charge in [0.05, 0.1) is 11.1 Å². The molecule has 1 aromatic rings. The van der Waals surface area contributed by atoms with E-state index in [1.54, 1.807) is 24.3 Å². The largest absolute Gasteiger partial charge is 0.285 e. The van der Waals surface area contributed by atoms with Gasteiger partial charge in [-0.2, -0.15) is 0 Å². The van der Waals surface area contributed by atoms with E-state index < -0.39 is 16.8 Å². The van der Waals surface area contributed by atoms with Crippen molar-refractivity contribution < 1.29 is 14.4 Å². The summed E-state index contributed by atoms with van der Waals surface area (Å²) in [6.07, 6.45) is 0. The summed E-state index contributed by atoms with van der Waals surface area (Å²) in [7, 11) is 0. The highest BCUT2D eigenvalue weighted by atomic mass is 79.9. The van der Waals surface area contributed by atoms with Crippen molar-refractivity contribution in [3.05, 3.63) is 35.4 Å². The van der Waals surface area contributed by atoms with E-state index in [9.17, 15) is 9.59 Å². The highest BCUT2D eigenvalue weighted by molar-refractivity contribution is 9.12. The van der Waals surface area contributed by atoms with Crippen LogP contribution >= 0.6 is 31.9 Å². The molecule has 0 spiro atoms. The average molecular weight is 349 g/mol. The van der Waals surface area contributed by atoms with E-state index in [-0.39, 0.29) is 0 Å². The predicted molar refractivity (Wildman–Crippen MR) is 64.5 cm³/mol. The van der Waals surface area contributed by atoms with Gasteiger partial charge in [0.1, 0.15) is 0 Å². The molecule has 4 nitrogen and oxygen atoms in total. The Kier molecular flexibility index (Phi) is 3.41. The molecular formula is C10H7Br2NO3. The summed E-state index contributed by atoms with van der Waals surface area (Å²) in [5.74, 6) is -0.850. The number of hydroxylamine groups is 2. The normalized spacial score (nSPS) is 16.5. The quantitative estimate of drug-likeness (QED) is 0.622. The zero-order valence-corrected chi connectivity index (χ0v) is 11.2. The fourth-order valence-corrected chi connectivity index (χ4v) is 1.69. The van der Waals surface area contributed by atoms with Crippen LogP contribution < -0.4 is 0 Å². The molecule has 1 aromatic carbocycles. The van der Waals surface area contributed by atoms with Gasteiger partial charge < -0.3 is 0 Å². The molecule has 1 atom stereocenters. The van der Waals surface area contributed by atoms with Crippen LogP contribution in [0.5, 0.6) is 0 Å². The lowest BCUT2D eigenvalue weighted by atomic mass is 10.1. The number of imide groups is 1. The highest BCUT2D eigenvalue weighted by Gasteiger charge is 2.37. The van der Waals surface area contributed by atoms with Crippen LogP contribution in [-0.4, -0.2) is 27.2 Å². The third kappa shape index (κ3) is 1.92. The number of halogens is 2. The van der Waals surface area contributed by atoms with Crippen molar-refractivity contribution in [2.75, 3.05) is 5.33 Å². The van der Waals surface area contributed by atoms with Gasteiger partial charge in [0.15, 0.2) is 5.01 Å². The number of fused-ring (bicyclic) bond motifs is 1. The SMILES string of the molecule is O=C1c2ccccc2C(=O)N1O[C@@H](Br)CBr. The van der Waals surface area contributed by atoms with Crippen LogP contribution in [0.15, 0.2) is 24.3 Å². The molecule has 0 N–H and O–H groups in total. The number of rotatable bonds is 3. The van der Waals surface area contributed by atoms with Crippen molar-refractivity contribution in [1.82, 2.24) is 5.06 Å². The van der Waals surface area contributed by atoms with Crippen LogP contribution in [0.2, 0.25) is 0 Å². The fourth-order valence-electron chi connectivity index (χ4n) is 1.41. The molecule has 0 aliphatic carbocycles. The number of alkyl halides is 2. The third-order valence-corrected chi connectivity index (χ3v) is 4.05. The van der Waals surface area contributed by atoms with E-state index in [4.69, 9.17) is 4.84 Å². The molecule has 0 saturated carbocycles. The molecule has 2 amide bonds. The number of hydrogen-bond donors (Lipinski definition) is 0. The highest BCUT2D eigenvalue weighted by Crippen LogP contribution is 2.24. The number of amides is 2. The topological polar surface area (TPSA) is 46.6 Å². The van der Waals surface area contributed by atoms with Gasteiger partial charge in [0.2, 0.25) is 0 Å². The van der Waals surface area contributed by atoms with E-state index in [1.165, 1.54) is 0 Å². The van der Waals surface area contributed by atoms with Crippen molar-refractivity contribution in [1.29, 1.82) is 0 Å². The number of benzene rings is 1. The first-order chi connectivity index (χ1) is 7.65. The third-order valence-electron chi connectivity index (χ3n) is 2.10. The van der Waals surface area contributed by atoms with Crippen LogP contribution in [0, 0.1) is 0 Å². The van der Waals surface area contributed by atoms with Gasteiger partial charge in [-0.05, 0) is 12.1 Å². The monoisotopic (exact) mass is 347 g/mol. The molecule has 1 aliphatic rings. The Bertz CT molecular complexity index is 414. The van der Waals surface area contributed by atoms with E-state index in [1.807, 2.05) is 0 Å². The maximum absolute atomic E-state index is 11.8. The molecule has 1 heterocycles. The first kappa shape index (κ1) is 11.8. The summed E-state index contributed by atoms with van der Waals surface area (Å²) in [4.78, 5) is 28.8. The lowest BCUT2D eigenvalue weighted by molar-refractivity contribution is -0.0943. The lowest BCUT2D eigenvalue weighted by Gasteiger charge is -2.15. The molecule has 0 fully saturated rings.